The quantitative estimate of drug-likeness (QED) is 0.588. The highest BCUT2D eigenvalue weighted by molar-refractivity contribution is 6.40. The number of benzene rings is 1. The van der Waals surface area contributed by atoms with Crippen molar-refractivity contribution in [1.82, 2.24) is 0 Å². The molecular formula is C13H11Cl3O3. The minimum absolute atomic E-state index is 0.0893. The van der Waals surface area contributed by atoms with Crippen LogP contribution < -0.4 is 4.74 Å². The highest BCUT2D eigenvalue weighted by atomic mass is 35.5. The average Bonchev–Trinajstić information content (AvgIpc) is 2.62. The van der Waals surface area contributed by atoms with E-state index in [4.69, 9.17) is 44.3 Å². The summed E-state index contributed by atoms with van der Waals surface area (Å²) >= 11 is 17.7. The van der Waals surface area contributed by atoms with Crippen LogP contribution in [0.5, 0.6) is 5.75 Å². The summed E-state index contributed by atoms with van der Waals surface area (Å²) in [6.45, 7) is 0.503. The fourth-order valence-corrected chi connectivity index (χ4v) is 2.53. The molecule has 0 aromatic heterocycles. The van der Waals surface area contributed by atoms with E-state index >= 15 is 0 Å². The number of rotatable bonds is 2. The monoisotopic (exact) mass is 320 g/mol. The van der Waals surface area contributed by atoms with Gasteiger partial charge in [0.15, 0.2) is 5.75 Å². The molecule has 0 aliphatic carbocycles. The van der Waals surface area contributed by atoms with E-state index in [9.17, 15) is 4.79 Å². The summed E-state index contributed by atoms with van der Waals surface area (Å²) in [7, 11) is 0. The van der Waals surface area contributed by atoms with Gasteiger partial charge in [-0.3, -0.25) is 0 Å². The third kappa shape index (κ3) is 3.78. The van der Waals surface area contributed by atoms with E-state index in [1.807, 2.05) is 0 Å². The molecule has 3 nitrogen and oxygen atoms in total. The van der Waals surface area contributed by atoms with Crippen molar-refractivity contribution < 1.29 is 14.3 Å². The van der Waals surface area contributed by atoms with Gasteiger partial charge < -0.3 is 9.47 Å². The number of carbonyl (C=O) groups excluding carboxylic acids is 1. The number of carbonyl (C=O) groups is 1. The molecule has 2 rings (SSSR count). The molecule has 0 radical (unpaired) electrons. The van der Waals surface area contributed by atoms with Crippen molar-refractivity contribution >= 4 is 40.8 Å². The van der Waals surface area contributed by atoms with Crippen LogP contribution in [-0.2, 0) is 9.53 Å². The molecule has 1 aliphatic heterocycles. The lowest BCUT2D eigenvalue weighted by molar-refractivity contribution is -0.134. The summed E-state index contributed by atoms with van der Waals surface area (Å²) < 4.78 is 10.5. The molecule has 1 aromatic carbocycles. The minimum atomic E-state index is -0.604. The van der Waals surface area contributed by atoms with Crippen LogP contribution in [0.15, 0.2) is 24.0 Å². The summed E-state index contributed by atoms with van der Waals surface area (Å²) in [4.78, 5) is 11.9. The Labute approximate surface area is 126 Å². The Hall–Kier alpha value is -0.900. The van der Waals surface area contributed by atoms with Crippen molar-refractivity contribution in [2.24, 2.45) is 0 Å². The Balaban J connectivity index is 2.17. The molecule has 1 heterocycles. The molecule has 0 atom stereocenters. The maximum atomic E-state index is 11.9. The number of halogens is 3. The number of esters is 1. The molecule has 1 aliphatic rings. The molecule has 0 N–H and O–H groups in total. The Bertz CT molecular complexity index is 503. The molecule has 0 bridgehead atoms. The Morgan fingerprint density at radius 3 is 2.53 bits per heavy atom. The molecule has 0 spiro atoms. The van der Waals surface area contributed by atoms with Gasteiger partial charge in [-0.2, -0.15) is 0 Å². The van der Waals surface area contributed by atoms with Crippen molar-refractivity contribution in [3.8, 4) is 5.75 Å². The van der Waals surface area contributed by atoms with Gasteiger partial charge in [-0.1, -0.05) is 34.8 Å². The van der Waals surface area contributed by atoms with E-state index < -0.39 is 5.97 Å². The fourth-order valence-electron chi connectivity index (χ4n) is 1.63. The van der Waals surface area contributed by atoms with Crippen LogP contribution >= 0.6 is 34.8 Å². The van der Waals surface area contributed by atoms with Gasteiger partial charge in [0.05, 0.1) is 16.7 Å². The zero-order valence-corrected chi connectivity index (χ0v) is 12.2. The zero-order chi connectivity index (χ0) is 13.8. The molecule has 0 saturated heterocycles. The lowest BCUT2D eigenvalue weighted by Gasteiger charge is -2.10. The summed E-state index contributed by atoms with van der Waals surface area (Å²) in [6.07, 6.45) is 4.40. The van der Waals surface area contributed by atoms with Crippen molar-refractivity contribution in [1.29, 1.82) is 0 Å². The summed E-state index contributed by atoms with van der Waals surface area (Å²) in [5.74, 6) is -0.320. The van der Waals surface area contributed by atoms with E-state index in [-0.39, 0.29) is 21.6 Å². The minimum Gasteiger partial charge on any atom is -0.487 e. The second-order valence-corrected chi connectivity index (χ2v) is 5.25. The molecule has 0 saturated carbocycles. The third-order valence-corrected chi connectivity index (χ3v) is 3.32. The largest absolute Gasteiger partial charge is 0.487 e. The van der Waals surface area contributed by atoms with Gasteiger partial charge in [0.25, 0.3) is 0 Å². The van der Waals surface area contributed by atoms with Crippen molar-refractivity contribution in [2.45, 2.75) is 19.3 Å². The van der Waals surface area contributed by atoms with Crippen LogP contribution in [0.25, 0.3) is 0 Å². The van der Waals surface area contributed by atoms with E-state index in [1.54, 1.807) is 6.08 Å². The van der Waals surface area contributed by atoms with E-state index in [1.165, 1.54) is 12.1 Å². The van der Waals surface area contributed by atoms with Crippen LogP contribution in [0.3, 0.4) is 0 Å². The molecule has 6 heteroatoms. The van der Waals surface area contributed by atoms with E-state index in [0.29, 0.717) is 11.6 Å². The van der Waals surface area contributed by atoms with Crippen molar-refractivity contribution in [3.63, 3.8) is 0 Å². The number of hydrogen-bond acceptors (Lipinski definition) is 3. The van der Waals surface area contributed by atoms with Gasteiger partial charge in [0.2, 0.25) is 5.76 Å². The number of hydrogen-bond donors (Lipinski definition) is 0. The standard InChI is InChI=1S/C13H11Cl3O3/c14-8-6-9(15)12(10(16)7-8)19-13(17)11-4-2-1-3-5-18-11/h4,6-7H,1-3,5H2. The Kier molecular flexibility index (Phi) is 4.97. The zero-order valence-electron chi connectivity index (χ0n) is 9.92. The van der Waals surface area contributed by atoms with Crippen LogP contribution in [0, 0.1) is 0 Å². The lowest BCUT2D eigenvalue weighted by atomic mass is 10.2. The topological polar surface area (TPSA) is 35.5 Å². The first kappa shape index (κ1) is 14.5. The van der Waals surface area contributed by atoms with Crippen molar-refractivity contribution in [2.75, 3.05) is 6.61 Å². The smallest absolute Gasteiger partial charge is 0.378 e. The normalized spacial score (nSPS) is 15.2. The highest BCUT2D eigenvalue weighted by Gasteiger charge is 2.19. The van der Waals surface area contributed by atoms with E-state index in [0.717, 1.165) is 19.3 Å². The van der Waals surface area contributed by atoms with Gasteiger partial charge in [-0.25, -0.2) is 4.79 Å². The summed E-state index contributed by atoms with van der Waals surface area (Å²) in [5, 5.41) is 0.736. The summed E-state index contributed by atoms with van der Waals surface area (Å²) in [6, 6.07) is 2.92. The second kappa shape index (κ2) is 6.51. The summed E-state index contributed by atoms with van der Waals surface area (Å²) in [5.41, 5.74) is 0. The first-order chi connectivity index (χ1) is 9.08. The van der Waals surface area contributed by atoms with Crippen LogP contribution in [-0.4, -0.2) is 12.6 Å². The SMILES string of the molecule is O=C(Oc1c(Cl)cc(Cl)cc1Cl)C1=CCCCCO1. The second-order valence-electron chi connectivity index (χ2n) is 4.00. The molecule has 0 fully saturated rings. The molecule has 102 valence electrons. The number of allylic oxidation sites excluding steroid dienone is 1. The highest BCUT2D eigenvalue weighted by Crippen LogP contribution is 2.36. The Morgan fingerprint density at radius 2 is 1.84 bits per heavy atom. The average molecular weight is 322 g/mol. The predicted octanol–water partition coefficient (Wildman–Crippen LogP) is 4.64. The van der Waals surface area contributed by atoms with Gasteiger partial charge in [0.1, 0.15) is 0 Å². The maximum absolute atomic E-state index is 11.9. The van der Waals surface area contributed by atoms with Crippen LogP contribution in [0.4, 0.5) is 0 Å². The van der Waals surface area contributed by atoms with Crippen LogP contribution in [0.2, 0.25) is 15.1 Å². The molecule has 1 aromatic rings. The van der Waals surface area contributed by atoms with Crippen molar-refractivity contribution in [3.05, 3.63) is 39.0 Å². The first-order valence-electron chi connectivity index (χ1n) is 5.77. The predicted molar refractivity (Wildman–Crippen MR) is 75.0 cm³/mol. The molecule has 0 amide bonds. The molecule has 19 heavy (non-hydrogen) atoms. The van der Waals surface area contributed by atoms with Crippen LogP contribution in [0.1, 0.15) is 19.3 Å². The third-order valence-electron chi connectivity index (χ3n) is 2.54. The lowest BCUT2D eigenvalue weighted by Crippen LogP contribution is -2.14. The van der Waals surface area contributed by atoms with Gasteiger partial charge >= 0.3 is 5.97 Å². The molecular weight excluding hydrogens is 310 g/mol. The fraction of sp³-hybridized carbons (Fsp3) is 0.308. The number of ether oxygens (including phenoxy) is 2. The molecule has 0 unspecified atom stereocenters. The van der Waals surface area contributed by atoms with E-state index in [2.05, 4.69) is 0 Å². The maximum Gasteiger partial charge on any atom is 0.378 e. The van der Waals surface area contributed by atoms with Gasteiger partial charge in [-0.15, -0.1) is 0 Å². The Morgan fingerprint density at radius 1 is 1.16 bits per heavy atom. The first-order valence-corrected chi connectivity index (χ1v) is 6.91. The van der Waals surface area contributed by atoms with Gasteiger partial charge in [-0.05, 0) is 37.5 Å². The van der Waals surface area contributed by atoms with Gasteiger partial charge in [0, 0.05) is 5.02 Å².